The van der Waals surface area contributed by atoms with Crippen LogP contribution in [0.4, 0.5) is 0 Å². The van der Waals surface area contributed by atoms with Crippen molar-refractivity contribution in [1.82, 2.24) is 0 Å². The van der Waals surface area contributed by atoms with Crippen LogP contribution >= 0.6 is 0 Å². The van der Waals surface area contributed by atoms with Crippen molar-refractivity contribution in [3.05, 3.63) is 65.7 Å². The van der Waals surface area contributed by atoms with E-state index >= 15 is 0 Å². The Morgan fingerprint density at radius 3 is 2.27 bits per heavy atom. The fraction of sp³-hybridized carbons (Fsp3) is 0.278. The highest BCUT2D eigenvalue weighted by Gasteiger charge is 2.24. The molecule has 1 atom stereocenters. The number of ether oxygens (including phenoxy) is 1. The van der Waals surface area contributed by atoms with E-state index in [1.165, 1.54) is 0 Å². The third kappa shape index (κ3) is 4.73. The van der Waals surface area contributed by atoms with Crippen LogP contribution < -0.4 is 4.74 Å². The van der Waals surface area contributed by atoms with Crippen LogP contribution in [0.15, 0.2) is 54.6 Å². The standard InChI is InChI=1S/C18H21NO2Si/c1-22(2,3)21-18(13-19)16-11-7-8-12-17(16)20-14-15-9-5-4-6-10-15/h4-12,18H,14H2,1-3H3/t18-/m0/s1. The maximum Gasteiger partial charge on any atom is 0.186 e. The van der Waals surface area contributed by atoms with Gasteiger partial charge in [-0.3, -0.25) is 0 Å². The van der Waals surface area contributed by atoms with Gasteiger partial charge in [-0.15, -0.1) is 0 Å². The number of nitrogens with zero attached hydrogens (tertiary/aromatic N) is 1. The molecule has 3 nitrogen and oxygen atoms in total. The Morgan fingerprint density at radius 2 is 1.64 bits per heavy atom. The van der Waals surface area contributed by atoms with E-state index < -0.39 is 14.4 Å². The van der Waals surface area contributed by atoms with E-state index in [1.54, 1.807) is 0 Å². The molecule has 0 radical (unpaired) electrons. The molecule has 114 valence electrons. The molecule has 4 heteroatoms. The van der Waals surface area contributed by atoms with Gasteiger partial charge in [-0.2, -0.15) is 5.26 Å². The highest BCUT2D eigenvalue weighted by atomic mass is 28.4. The van der Waals surface area contributed by atoms with Gasteiger partial charge in [0.15, 0.2) is 14.4 Å². The molecule has 2 aromatic rings. The summed E-state index contributed by atoms with van der Waals surface area (Å²) < 4.78 is 11.9. The van der Waals surface area contributed by atoms with Crippen molar-refractivity contribution >= 4 is 8.32 Å². The molecule has 0 unspecified atom stereocenters. The predicted octanol–water partition coefficient (Wildman–Crippen LogP) is 4.68. The summed E-state index contributed by atoms with van der Waals surface area (Å²) >= 11 is 0. The highest BCUT2D eigenvalue weighted by Crippen LogP contribution is 2.30. The van der Waals surface area contributed by atoms with Crippen molar-refractivity contribution in [1.29, 1.82) is 5.26 Å². The molecule has 0 spiro atoms. The Kier molecular flexibility index (Phi) is 5.37. The van der Waals surface area contributed by atoms with Crippen LogP contribution in [0.3, 0.4) is 0 Å². The summed E-state index contributed by atoms with van der Waals surface area (Å²) in [4.78, 5) is 0. The van der Waals surface area contributed by atoms with Crippen molar-refractivity contribution in [2.24, 2.45) is 0 Å². The minimum Gasteiger partial charge on any atom is -0.488 e. The number of para-hydroxylation sites is 1. The largest absolute Gasteiger partial charge is 0.488 e. The van der Waals surface area contributed by atoms with Crippen molar-refractivity contribution in [2.45, 2.75) is 32.4 Å². The zero-order chi connectivity index (χ0) is 16.0. The Bertz CT molecular complexity index is 644. The maximum atomic E-state index is 9.44. The van der Waals surface area contributed by atoms with Crippen molar-refractivity contribution in [3.63, 3.8) is 0 Å². The first kappa shape index (κ1) is 16.3. The number of nitriles is 1. The lowest BCUT2D eigenvalue weighted by atomic mass is 10.1. The van der Waals surface area contributed by atoms with Crippen LogP contribution in [0.25, 0.3) is 0 Å². The van der Waals surface area contributed by atoms with E-state index in [0.717, 1.165) is 11.1 Å². The lowest BCUT2D eigenvalue weighted by molar-refractivity contribution is 0.239. The zero-order valence-corrected chi connectivity index (χ0v) is 14.2. The normalized spacial score (nSPS) is 12.5. The fourth-order valence-corrected chi connectivity index (χ4v) is 2.96. The molecule has 0 N–H and O–H groups in total. The molecule has 0 amide bonds. The first-order valence-electron chi connectivity index (χ1n) is 7.33. The molecule has 0 aromatic heterocycles. The van der Waals surface area contributed by atoms with Gasteiger partial charge in [0.25, 0.3) is 0 Å². The van der Waals surface area contributed by atoms with Gasteiger partial charge in [0, 0.05) is 5.56 Å². The predicted molar refractivity (Wildman–Crippen MR) is 90.0 cm³/mol. The summed E-state index contributed by atoms with van der Waals surface area (Å²) in [5, 5.41) is 9.44. The summed E-state index contributed by atoms with van der Waals surface area (Å²) in [5.74, 6) is 0.705. The summed E-state index contributed by atoms with van der Waals surface area (Å²) in [6.07, 6.45) is -0.585. The molecule has 0 heterocycles. The number of rotatable bonds is 6. The van der Waals surface area contributed by atoms with Crippen LogP contribution in [-0.2, 0) is 11.0 Å². The number of hydrogen-bond donors (Lipinski definition) is 0. The lowest BCUT2D eigenvalue weighted by Crippen LogP contribution is -2.27. The molecule has 0 bridgehead atoms. The van der Waals surface area contributed by atoms with Gasteiger partial charge >= 0.3 is 0 Å². The van der Waals surface area contributed by atoms with Gasteiger partial charge in [0.1, 0.15) is 12.4 Å². The van der Waals surface area contributed by atoms with Crippen molar-refractivity contribution in [3.8, 4) is 11.8 Å². The number of hydrogen-bond acceptors (Lipinski definition) is 3. The Balaban J connectivity index is 2.17. The van der Waals surface area contributed by atoms with Gasteiger partial charge < -0.3 is 9.16 Å². The highest BCUT2D eigenvalue weighted by molar-refractivity contribution is 6.69. The molecule has 0 saturated carbocycles. The van der Waals surface area contributed by atoms with Gasteiger partial charge in [-0.05, 0) is 31.3 Å². The zero-order valence-electron chi connectivity index (χ0n) is 13.2. The minimum absolute atomic E-state index is 0.475. The summed E-state index contributed by atoms with van der Waals surface area (Å²) in [7, 11) is -1.81. The SMILES string of the molecule is C[Si](C)(C)O[C@@H](C#N)c1ccccc1OCc1ccccc1. The van der Waals surface area contributed by atoms with E-state index in [1.807, 2.05) is 54.6 Å². The van der Waals surface area contributed by atoms with Gasteiger partial charge in [0.05, 0.1) is 6.07 Å². The Morgan fingerprint density at radius 1 is 1.00 bits per heavy atom. The third-order valence-corrected chi connectivity index (χ3v) is 3.97. The smallest absolute Gasteiger partial charge is 0.186 e. The summed E-state index contributed by atoms with van der Waals surface area (Å²) in [6, 6.07) is 19.8. The molecule has 0 saturated heterocycles. The third-order valence-electron chi connectivity index (χ3n) is 3.03. The van der Waals surface area contributed by atoms with Crippen LogP contribution in [0.5, 0.6) is 5.75 Å². The van der Waals surface area contributed by atoms with Crippen molar-refractivity contribution in [2.75, 3.05) is 0 Å². The van der Waals surface area contributed by atoms with Crippen molar-refractivity contribution < 1.29 is 9.16 Å². The molecular formula is C18H21NO2Si. The fourth-order valence-electron chi connectivity index (χ4n) is 2.08. The monoisotopic (exact) mass is 311 g/mol. The second-order valence-electron chi connectivity index (χ2n) is 6.05. The maximum absolute atomic E-state index is 9.44. The quantitative estimate of drug-likeness (QED) is 0.727. The minimum atomic E-state index is -1.81. The first-order chi connectivity index (χ1) is 10.5. The van der Waals surface area contributed by atoms with E-state index in [0.29, 0.717) is 12.4 Å². The number of benzene rings is 2. The van der Waals surface area contributed by atoms with E-state index in [-0.39, 0.29) is 0 Å². The lowest BCUT2D eigenvalue weighted by Gasteiger charge is -2.23. The average molecular weight is 311 g/mol. The molecule has 22 heavy (non-hydrogen) atoms. The average Bonchev–Trinajstić information content (AvgIpc) is 2.51. The molecule has 0 aliphatic carbocycles. The Hall–Kier alpha value is -2.09. The van der Waals surface area contributed by atoms with Crippen LogP contribution in [0.1, 0.15) is 17.2 Å². The summed E-state index contributed by atoms with van der Waals surface area (Å²) in [5.41, 5.74) is 1.89. The van der Waals surface area contributed by atoms with Crippen LogP contribution in [-0.4, -0.2) is 8.32 Å². The second kappa shape index (κ2) is 7.26. The molecule has 0 fully saturated rings. The van der Waals surface area contributed by atoms with E-state index in [2.05, 4.69) is 25.7 Å². The van der Waals surface area contributed by atoms with E-state index in [4.69, 9.17) is 9.16 Å². The molecule has 2 aromatic carbocycles. The van der Waals surface area contributed by atoms with Gasteiger partial charge in [-0.1, -0.05) is 48.5 Å². The van der Waals surface area contributed by atoms with Gasteiger partial charge in [-0.25, -0.2) is 0 Å². The molecule has 0 aliphatic heterocycles. The molecular weight excluding hydrogens is 290 g/mol. The van der Waals surface area contributed by atoms with E-state index in [9.17, 15) is 5.26 Å². The second-order valence-corrected chi connectivity index (χ2v) is 10.5. The van der Waals surface area contributed by atoms with Crippen LogP contribution in [0.2, 0.25) is 19.6 Å². The Labute approximate surface area is 133 Å². The molecule has 2 rings (SSSR count). The van der Waals surface area contributed by atoms with Crippen LogP contribution in [0, 0.1) is 11.3 Å². The van der Waals surface area contributed by atoms with Gasteiger partial charge in [0.2, 0.25) is 0 Å². The topological polar surface area (TPSA) is 42.2 Å². The first-order valence-corrected chi connectivity index (χ1v) is 10.7. The summed E-state index contributed by atoms with van der Waals surface area (Å²) in [6.45, 7) is 6.70. The molecule has 0 aliphatic rings.